The van der Waals surface area contributed by atoms with Crippen molar-refractivity contribution >= 4 is 0 Å². The van der Waals surface area contributed by atoms with E-state index in [1.54, 1.807) is 12.1 Å². The van der Waals surface area contributed by atoms with Gasteiger partial charge in [0.05, 0.1) is 17.6 Å². The fourth-order valence-corrected chi connectivity index (χ4v) is 3.64. The Morgan fingerprint density at radius 3 is 2.57 bits per heavy atom. The molecule has 0 amide bonds. The number of nitrogens with zero attached hydrogens (tertiary/aromatic N) is 5. The highest BCUT2D eigenvalue weighted by atomic mass is 19.1. The molecule has 0 aliphatic carbocycles. The van der Waals surface area contributed by atoms with Crippen LogP contribution in [0, 0.1) is 12.7 Å². The third kappa shape index (κ3) is 4.49. The topological polar surface area (TPSA) is 38.9 Å². The first-order valence-electron chi connectivity index (χ1n) is 10.1. The molecule has 2 aromatic heterocycles. The molecule has 2 aromatic carbocycles. The van der Waals surface area contributed by atoms with Gasteiger partial charge in [0.25, 0.3) is 0 Å². The lowest BCUT2D eigenvalue weighted by atomic mass is 10.1. The predicted octanol–water partition coefficient (Wildman–Crippen LogP) is 4.74. The summed E-state index contributed by atoms with van der Waals surface area (Å²) in [5.74, 6) is -0.258. The van der Waals surface area contributed by atoms with Crippen LogP contribution in [0.4, 0.5) is 4.39 Å². The molecule has 0 saturated carbocycles. The third-order valence-corrected chi connectivity index (χ3v) is 5.16. The second kappa shape index (κ2) is 8.63. The molecular weight excluding hydrogens is 377 g/mol. The van der Waals surface area contributed by atoms with Crippen LogP contribution in [0.5, 0.6) is 0 Å². The maximum Gasteiger partial charge on any atom is 0.123 e. The van der Waals surface area contributed by atoms with E-state index in [0.717, 1.165) is 41.2 Å². The minimum atomic E-state index is -0.258. The van der Waals surface area contributed by atoms with Crippen LogP contribution in [0.25, 0.3) is 16.9 Å². The number of rotatable bonds is 7. The van der Waals surface area contributed by atoms with Gasteiger partial charge in [-0.1, -0.05) is 31.2 Å². The minimum Gasteiger partial charge on any atom is -0.295 e. The van der Waals surface area contributed by atoms with Crippen LogP contribution >= 0.6 is 0 Å². The molecule has 0 atom stereocenters. The summed E-state index contributed by atoms with van der Waals surface area (Å²) in [5.41, 5.74) is 5.98. The molecule has 0 radical (unpaired) electrons. The van der Waals surface area contributed by atoms with E-state index < -0.39 is 0 Å². The highest BCUT2D eigenvalue weighted by Crippen LogP contribution is 2.26. The molecule has 154 valence electrons. The van der Waals surface area contributed by atoms with Gasteiger partial charge in [-0.05, 0) is 43.3 Å². The Hall–Kier alpha value is -3.25. The van der Waals surface area contributed by atoms with Crippen LogP contribution in [0.3, 0.4) is 0 Å². The monoisotopic (exact) mass is 403 g/mol. The molecule has 4 aromatic rings. The number of aryl methyl sites for hydroxylation is 2. The third-order valence-electron chi connectivity index (χ3n) is 5.16. The smallest absolute Gasteiger partial charge is 0.123 e. The SMILES string of the molecule is CCN(Cc1cnn(C)c1)Cc1cn(-c2cccc(C)c2)nc1-c1cccc(F)c1. The summed E-state index contributed by atoms with van der Waals surface area (Å²) >= 11 is 0. The molecule has 6 heteroatoms. The van der Waals surface area contributed by atoms with Crippen molar-refractivity contribution in [2.75, 3.05) is 6.54 Å². The predicted molar refractivity (Wildman–Crippen MR) is 117 cm³/mol. The van der Waals surface area contributed by atoms with Crippen molar-refractivity contribution in [3.63, 3.8) is 0 Å². The van der Waals surface area contributed by atoms with Gasteiger partial charge >= 0.3 is 0 Å². The van der Waals surface area contributed by atoms with E-state index in [2.05, 4.69) is 42.2 Å². The lowest BCUT2D eigenvalue weighted by Gasteiger charge is -2.19. The molecular formula is C24H26FN5. The van der Waals surface area contributed by atoms with Gasteiger partial charge in [0, 0.05) is 49.2 Å². The van der Waals surface area contributed by atoms with Crippen molar-refractivity contribution in [1.82, 2.24) is 24.5 Å². The van der Waals surface area contributed by atoms with Gasteiger partial charge in [-0.25, -0.2) is 9.07 Å². The second-order valence-electron chi connectivity index (χ2n) is 7.62. The zero-order valence-electron chi connectivity index (χ0n) is 17.6. The van der Waals surface area contributed by atoms with E-state index in [9.17, 15) is 4.39 Å². The van der Waals surface area contributed by atoms with E-state index in [-0.39, 0.29) is 5.82 Å². The van der Waals surface area contributed by atoms with E-state index in [1.807, 2.05) is 47.0 Å². The Morgan fingerprint density at radius 2 is 1.87 bits per heavy atom. The zero-order chi connectivity index (χ0) is 21.1. The zero-order valence-corrected chi connectivity index (χ0v) is 17.6. The van der Waals surface area contributed by atoms with Gasteiger partial charge < -0.3 is 0 Å². The largest absolute Gasteiger partial charge is 0.295 e. The summed E-state index contributed by atoms with van der Waals surface area (Å²) in [4.78, 5) is 2.33. The van der Waals surface area contributed by atoms with E-state index in [0.29, 0.717) is 6.54 Å². The molecule has 0 aliphatic rings. The Balaban J connectivity index is 1.70. The summed E-state index contributed by atoms with van der Waals surface area (Å²) in [5, 5.41) is 9.11. The molecule has 0 unspecified atom stereocenters. The van der Waals surface area contributed by atoms with E-state index >= 15 is 0 Å². The number of benzene rings is 2. The first-order chi connectivity index (χ1) is 14.5. The molecule has 0 bridgehead atoms. The Morgan fingerprint density at radius 1 is 1.03 bits per heavy atom. The minimum absolute atomic E-state index is 0.258. The van der Waals surface area contributed by atoms with Crippen molar-refractivity contribution in [2.24, 2.45) is 7.05 Å². The van der Waals surface area contributed by atoms with Crippen LogP contribution in [0.1, 0.15) is 23.6 Å². The average Bonchev–Trinajstić information content (AvgIpc) is 3.33. The van der Waals surface area contributed by atoms with Gasteiger partial charge in [-0.2, -0.15) is 10.2 Å². The van der Waals surface area contributed by atoms with Gasteiger partial charge in [0.2, 0.25) is 0 Å². The summed E-state index contributed by atoms with van der Waals surface area (Å²) in [7, 11) is 1.92. The van der Waals surface area contributed by atoms with Crippen molar-refractivity contribution in [3.8, 4) is 16.9 Å². The summed E-state index contributed by atoms with van der Waals surface area (Å²) in [6.45, 7) is 6.59. The molecule has 0 saturated heterocycles. The fourth-order valence-electron chi connectivity index (χ4n) is 3.64. The van der Waals surface area contributed by atoms with Gasteiger partial charge in [-0.3, -0.25) is 9.58 Å². The molecule has 4 rings (SSSR count). The molecule has 0 aliphatic heterocycles. The van der Waals surface area contributed by atoms with Crippen molar-refractivity contribution in [2.45, 2.75) is 26.9 Å². The lowest BCUT2D eigenvalue weighted by molar-refractivity contribution is 0.271. The molecule has 0 fully saturated rings. The number of hydrogen-bond acceptors (Lipinski definition) is 3. The van der Waals surface area contributed by atoms with Crippen molar-refractivity contribution in [1.29, 1.82) is 0 Å². The summed E-state index contributed by atoms with van der Waals surface area (Å²) in [6, 6.07) is 14.9. The molecule has 30 heavy (non-hydrogen) atoms. The number of aromatic nitrogens is 4. The Kier molecular flexibility index (Phi) is 5.77. The summed E-state index contributed by atoms with van der Waals surface area (Å²) in [6.07, 6.45) is 5.99. The maximum atomic E-state index is 13.9. The quantitative estimate of drug-likeness (QED) is 0.447. The maximum absolute atomic E-state index is 13.9. The first kappa shape index (κ1) is 20.0. The Bertz CT molecular complexity index is 1140. The molecule has 0 N–H and O–H groups in total. The Labute approximate surface area is 176 Å². The van der Waals surface area contributed by atoms with Crippen LogP contribution < -0.4 is 0 Å². The lowest BCUT2D eigenvalue weighted by Crippen LogP contribution is -2.22. The highest BCUT2D eigenvalue weighted by Gasteiger charge is 2.16. The summed E-state index contributed by atoms with van der Waals surface area (Å²) < 4.78 is 17.6. The van der Waals surface area contributed by atoms with Crippen LogP contribution in [0.2, 0.25) is 0 Å². The van der Waals surface area contributed by atoms with Crippen LogP contribution in [-0.2, 0) is 20.1 Å². The van der Waals surface area contributed by atoms with Crippen LogP contribution in [-0.4, -0.2) is 31.0 Å². The van der Waals surface area contributed by atoms with Gasteiger partial charge in [0.15, 0.2) is 0 Å². The normalized spacial score (nSPS) is 11.4. The van der Waals surface area contributed by atoms with Gasteiger partial charge in [0.1, 0.15) is 5.82 Å². The first-order valence-corrected chi connectivity index (χ1v) is 10.1. The van der Waals surface area contributed by atoms with E-state index in [4.69, 9.17) is 5.10 Å². The van der Waals surface area contributed by atoms with Crippen LogP contribution in [0.15, 0.2) is 67.1 Å². The molecule has 0 spiro atoms. The van der Waals surface area contributed by atoms with Crippen molar-refractivity contribution < 1.29 is 4.39 Å². The second-order valence-corrected chi connectivity index (χ2v) is 7.62. The fraction of sp³-hybridized carbons (Fsp3) is 0.250. The standard InChI is InChI=1S/C24H26FN5/c1-4-29(15-19-13-26-28(3)14-19)16-21-17-30(23-10-5-7-18(2)11-23)27-24(21)20-8-6-9-22(25)12-20/h5-14,17H,4,15-16H2,1-3H3. The number of halogens is 1. The number of hydrogen-bond donors (Lipinski definition) is 0. The molecule has 2 heterocycles. The molecule has 5 nitrogen and oxygen atoms in total. The van der Waals surface area contributed by atoms with E-state index in [1.165, 1.54) is 11.6 Å². The highest BCUT2D eigenvalue weighted by molar-refractivity contribution is 5.63. The van der Waals surface area contributed by atoms with Gasteiger partial charge in [-0.15, -0.1) is 0 Å². The average molecular weight is 404 g/mol. The van der Waals surface area contributed by atoms with Crippen molar-refractivity contribution in [3.05, 3.63) is 89.6 Å².